The van der Waals surface area contributed by atoms with Gasteiger partial charge in [0.25, 0.3) is 0 Å². The number of benzene rings is 1. The van der Waals surface area contributed by atoms with E-state index in [1.54, 1.807) is 12.1 Å². The van der Waals surface area contributed by atoms with Crippen LogP contribution in [0, 0.1) is 0 Å². The van der Waals surface area contributed by atoms with Gasteiger partial charge in [0.15, 0.2) is 0 Å². The highest BCUT2D eigenvalue weighted by molar-refractivity contribution is 6.42. The van der Waals surface area contributed by atoms with Gasteiger partial charge < -0.3 is 15.8 Å². The van der Waals surface area contributed by atoms with Crippen molar-refractivity contribution in [2.75, 3.05) is 43.8 Å². The Labute approximate surface area is 123 Å². The third-order valence-electron chi connectivity index (χ3n) is 3.28. The monoisotopic (exact) mass is 303 g/mol. The number of nitrogens with zero attached hydrogens (tertiary/aromatic N) is 1. The topological polar surface area (TPSA) is 50.5 Å². The molecule has 1 saturated heterocycles. The Morgan fingerprint density at radius 3 is 2.89 bits per heavy atom. The number of anilines is 2. The average Bonchev–Trinajstić information content (AvgIpc) is 2.41. The van der Waals surface area contributed by atoms with Crippen molar-refractivity contribution in [3.8, 4) is 0 Å². The Balaban J connectivity index is 1.93. The molecule has 4 nitrogen and oxygen atoms in total. The van der Waals surface area contributed by atoms with Gasteiger partial charge in [-0.15, -0.1) is 0 Å². The lowest BCUT2D eigenvalue weighted by Gasteiger charge is -2.32. The molecule has 106 valence electrons. The van der Waals surface area contributed by atoms with E-state index in [0.29, 0.717) is 22.3 Å². The van der Waals surface area contributed by atoms with Gasteiger partial charge in [-0.3, -0.25) is 4.90 Å². The molecule has 0 saturated carbocycles. The summed E-state index contributed by atoms with van der Waals surface area (Å²) in [5.41, 5.74) is 7.30. The molecule has 1 aliphatic heterocycles. The number of rotatable bonds is 4. The van der Waals surface area contributed by atoms with E-state index in [-0.39, 0.29) is 6.10 Å². The van der Waals surface area contributed by atoms with Gasteiger partial charge in [0.05, 0.1) is 34.1 Å². The third kappa shape index (κ3) is 3.89. The van der Waals surface area contributed by atoms with E-state index in [9.17, 15) is 0 Å². The number of morpholine rings is 1. The second kappa shape index (κ2) is 6.66. The first-order valence-corrected chi connectivity index (χ1v) is 7.18. The fourth-order valence-corrected chi connectivity index (χ4v) is 2.47. The molecule has 1 aromatic carbocycles. The van der Waals surface area contributed by atoms with E-state index < -0.39 is 0 Å². The molecule has 0 spiro atoms. The molecule has 0 amide bonds. The maximum Gasteiger partial charge on any atom is 0.0874 e. The van der Waals surface area contributed by atoms with Crippen LogP contribution in [0.15, 0.2) is 12.1 Å². The Hall–Kier alpha value is -0.680. The summed E-state index contributed by atoms with van der Waals surface area (Å²) in [5.74, 6) is 0. The summed E-state index contributed by atoms with van der Waals surface area (Å²) >= 11 is 11.9. The van der Waals surface area contributed by atoms with Gasteiger partial charge in [-0.05, 0) is 18.7 Å². The van der Waals surface area contributed by atoms with Crippen molar-refractivity contribution in [1.82, 2.24) is 4.90 Å². The largest absolute Gasteiger partial charge is 0.397 e. The summed E-state index contributed by atoms with van der Waals surface area (Å²) in [7, 11) is 0. The van der Waals surface area contributed by atoms with Crippen LogP contribution in [0.25, 0.3) is 0 Å². The van der Waals surface area contributed by atoms with Gasteiger partial charge in [0.2, 0.25) is 0 Å². The van der Waals surface area contributed by atoms with Crippen LogP contribution >= 0.6 is 23.2 Å². The first-order valence-electron chi connectivity index (χ1n) is 6.42. The van der Waals surface area contributed by atoms with E-state index in [2.05, 4.69) is 17.1 Å². The zero-order valence-corrected chi connectivity index (χ0v) is 12.5. The average molecular weight is 304 g/mol. The Bertz CT molecular complexity index is 442. The lowest BCUT2D eigenvalue weighted by atomic mass is 10.2. The summed E-state index contributed by atoms with van der Waals surface area (Å²) < 4.78 is 5.72. The molecule has 1 aliphatic rings. The van der Waals surface area contributed by atoms with Crippen molar-refractivity contribution >= 4 is 34.6 Å². The van der Waals surface area contributed by atoms with Crippen LogP contribution in [0.5, 0.6) is 0 Å². The van der Waals surface area contributed by atoms with Gasteiger partial charge in [-0.1, -0.05) is 30.1 Å². The predicted octanol–water partition coefficient (Wildman–Crippen LogP) is 2.71. The predicted molar refractivity (Wildman–Crippen MR) is 81.2 cm³/mol. The van der Waals surface area contributed by atoms with Crippen molar-refractivity contribution in [1.29, 1.82) is 0 Å². The van der Waals surface area contributed by atoms with Crippen LogP contribution < -0.4 is 11.1 Å². The normalized spacial score (nSPS) is 20.5. The van der Waals surface area contributed by atoms with Crippen molar-refractivity contribution in [3.05, 3.63) is 22.2 Å². The Morgan fingerprint density at radius 1 is 1.42 bits per heavy atom. The molecule has 0 radical (unpaired) electrons. The van der Waals surface area contributed by atoms with E-state index >= 15 is 0 Å². The number of nitrogens with one attached hydrogen (secondary N) is 1. The molecular formula is C13H19Cl2N3O. The fourth-order valence-electron chi connectivity index (χ4n) is 2.13. The van der Waals surface area contributed by atoms with Crippen LogP contribution in [0.1, 0.15) is 6.92 Å². The van der Waals surface area contributed by atoms with Gasteiger partial charge in [0.1, 0.15) is 0 Å². The first kappa shape index (κ1) is 14.7. The highest BCUT2D eigenvalue weighted by Crippen LogP contribution is 2.30. The number of likely N-dealkylation sites (N-methyl/N-ethyl adjacent to an activating group) is 1. The van der Waals surface area contributed by atoms with E-state index in [4.69, 9.17) is 33.7 Å². The third-order valence-corrected chi connectivity index (χ3v) is 4.00. The zero-order valence-electron chi connectivity index (χ0n) is 11.0. The molecule has 1 fully saturated rings. The lowest BCUT2D eigenvalue weighted by molar-refractivity contribution is -0.0191. The lowest BCUT2D eigenvalue weighted by Crippen LogP contribution is -2.45. The van der Waals surface area contributed by atoms with Crippen LogP contribution in [-0.4, -0.2) is 43.8 Å². The molecule has 0 aromatic heterocycles. The molecule has 0 aliphatic carbocycles. The number of nitrogen functional groups attached to an aromatic ring is 1. The molecule has 1 heterocycles. The smallest absolute Gasteiger partial charge is 0.0874 e. The maximum absolute atomic E-state index is 5.99. The molecule has 1 unspecified atom stereocenters. The number of hydrogen-bond acceptors (Lipinski definition) is 4. The quantitative estimate of drug-likeness (QED) is 0.840. The number of halogens is 2. The van der Waals surface area contributed by atoms with E-state index in [1.165, 1.54) is 0 Å². The van der Waals surface area contributed by atoms with Gasteiger partial charge in [-0.2, -0.15) is 0 Å². The SMILES string of the molecule is CCN1CCOC(CNc2cc(Cl)c(Cl)cc2N)C1. The van der Waals surface area contributed by atoms with Crippen molar-refractivity contribution in [2.24, 2.45) is 0 Å². The minimum atomic E-state index is 0.169. The summed E-state index contributed by atoms with van der Waals surface area (Å²) in [6.07, 6.45) is 0.169. The number of ether oxygens (including phenoxy) is 1. The zero-order chi connectivity index (χ0) is 13.8. The molecule has 3 N–H and O–H groups in total. The van der Waals surface area contributed by atoms with Crippen LogP contribution in [0.3, 0.4) is 0 Å². The summed E-state index contributed by atoms with van der Waals surface area (Å²) in [4.78, 5) is 2.37. The van der Waals surface area contributed by atoms with Crippen molar-refractivity contribution < 1.29 is 4.74 Å². The Kier molecular flexibility index (Phi) is 5.16. The molecule has 19 heavy (non-hydrogen) atoms. The standard InChI is InChI=1S/C13H19Cl2N3O/c1-2-18-3-4-19-9(8-18)7-17-13-6-11(15)10(14)5-12(13)16/h5-6,9,17H,2-4,7-8,16H2,1H3. The highest BCUT2D eigenvalue weighted by atomic mass is 35.5. The second-order valence-electron chi connectivity index (χ2n) is 4.62. The number of nitrogens with two attached hydrogens (primary N) is 1. The summed E-state index contributed by atoms with van der Waals surface area (Å²) in [6, 6.07) is 3.41. The number of hydrogen-bond donors (Lipinski definition) is 2. The molecule has 2 rings (SSSR count). The molecule has 6 heteroatoms. The Morgan fingerprint density at radius 2 is 2.16 bits per heavy atom. The van der Waals surface area contributed by atoms with Crippen LogP contribution in [-0.2, 0) is 4.74 Å². The van der Waals surface area contributed by atoms with Crippen LogP contribution in [0.4, 0.5) is 11.4 Å². The van der Waals surface area contributed by atoms with Gasteiger partial charge in [0, 0.05) is 19.6 Å². The van der Waals surface area contributed by atoms with Gasteiger partial charge in [-0.25, -0.2) is 0 Å². The van der Waals surface area contributed by atoms with Crippen molar-refractivity contribution in [3.63, 3.8) is 0 Å². The molecular weight excluding hydrogens is 285 g/mol. The van der Waals surface area contributed by atoms with Crippen molar-refractivity contribution in [2.45, 2.75) is 13.0 Å². The highest BCUT2D eigenvalue weighted by Gasteiger charge is 2.19. The first-order chi connectivity index (χ1) is 9.10. The molecule has 0 bridgehead atoms. The minimum Gasteiger partial charge on any atom is -0.397 e. The van der Waals surface area contributed by atoms with E-state index in [1.807, 2.05) is 0 Å². The molecule has 1 aromatic rings. The van der Waals surface area contributed by atoms with Gasteiger partial charge >= 0.3 is 0 Å². The summed E-state index contributed by atoms with van der Waals surface area (Å²) in [5, 5.41) is 4.24. The molecule has 1 atom stereocenters. The second-order valence-corrected chi connectivity index (χ2v) is 5.43. The van der Waals surface area contributed by atoms with E-state index in [0.717, 1.165) is 31.9 Å². The minimum absolute atomic E-state index is 0.169. The maximum atomic E-state index is 5.99. The summed E-state index contributed by atoms with van der Waals surface area (Å²) in [6.45, 7) is 6.63. The fraction of sp³-hybridized carbons (Fsp3) is 0.538. The van der Waals surface area contributed by atoms with Crippen LogP contribution in [0.2, 0.25) is 10.0 Å².